The van der Waals surface area contributed by atoms with E-state index in [4.69, 9.17) is 4.74 Å². The molecule has 4 nitrogen and oxygen atoms in total. The van der Waals surface area contributed by atoms with Crippen LogP contribution in [0.4, 0.5) is 4.79 Å². The van der Waals surface area contributed by atoms with Gasteiger partial charge in [0.05, 0.1) is 0 Å². The van der Waals surface area contributed by atoms with Gasteiger partial charge in [-0.15, -0.1) is 0 Å². The van der Waals surface area contributed by atoms with Crippen LogP contribution in [0.5, 0.6) is 0 Å². The third-order valence-electron chi connectivity index (χ3n) is 2.56. The summed E-state index contributed by atoms with van der Waals surface area (Å²) in [7, 11) is 0. The number of ether oxygens (including phenoxy) is 1. The topological polar surface area (TPSA) is 50.4 Å². The maximum absolute atomic E-state index is 11.5. The van der Waals surface area contributed by atoms with Gasteiger partial charge in [-0.3, -0.25) is 0 Å². The third-order valence-corrected chi connectivity index (χ3v) is 2.56. The van der Waals surface area contributed by atoms with Crippen LogP contribution in [0, 0.1) is 0 Å². The average Bonchev–Trinajstić information content (AvgIpc) is 2.45. The van der Waals surface area contributed by atoms with E-state index in [1.165, 1.54) is 5.57 Å². The highest BCUT2D eigenvalue weighted by atomic mass is 16.5. The van der Waals surface area contributed by atoms with Crippen molar-refractivity contribution in [1.82, 2.24) is 10.6 Å². The fourth-order valence-corrected chi connectivity index (χ4v) is 1.63. The zero-order valence-corrected chi connectivity index (χ0v) is 10.2. The van der Waals surface area contributed by atoms with Gasteiger partial charge in [-0.05, 0) is 33.1 Å². The molecular weight excluding hydrogens is 204 g/mol. The molecule has 1 saturated heterocycles. The minimum atomic E-state index is -0.0793. The summed E-state index contributed by atoms with van der Waals surface area (Å²) in [4.78, 5) is 11.5. The molecule has 0 aromatic heterocycles. The molecule has 1 heterocycles. The van der Waals surface area contributed by atoms with Crippen molar-refractivity contribution in [2.24, 2.45) is 0 Å². The first kappa shape index (κ1) is 13.0. The molecule has 0 saturated carbocycles. The van der Waals surface area contributed by atoms with Gasteiger partial charge >= 0.3 is 6.03 Å². The highest BCUT2D eigenvalue weighted by Gasteiger charge is 2.13. The fraction of sp³-hybridized carbons (Fsp3) is 0.750. The molecule has 0 aromatic rings. The Hall–Kier alpha value is -1.03. The summed E-state index contributed by atoms with van der Waals surface area (Å²) in [5.74, 6) is 0. The first-order valence-electron chi connectivity index (χ1n) is 5.94. The molecule has 0 spiro atoms. The number of rotatable bonds is 3. The van der Waals surface area contributed by atoms with E-state index < -0.39 is 0 Å². The van der Waals surface area contributed by atoms with E-state index in [1.807, 2.05) is 19.9 Å². The SMILES string of the molecule is CC(C)=CCNC(=O)N[C@H]1CCCOCC1. The average molecular weight is 226 g/mol. The molecule has 1 aliphatic rings. The van der Waals surface area contributed by atoms with E-state index in [-0.39, 0.29) is 12.1 Å². The second-order valence-electron chi connectivity index (χ2n) is 4.38. The van der Waals surface area contributed by atoms with E-state index >= 15 is 0 Å². The van der Waals surface area contributed by atoms with Crippen LogP contribution in [-0.2, 0) is 4.74 Å². The van der Waals surface area contributed by atoms with E-state index in [2.05, 4.69) is 10.6 Å². The molecule has 1 aliphatic heterocycles. The van der Waals surface area contributed by atoms with Crippen molar-refractivity contribution in [3.8, 4) is 0 Å². The Morgan fingerprint density at radius 3 is 2.94 bits per heavy atom. The molecule has 1 fully saturated rings. The van der Waals surface area contributed by atoms with Crippen molar-refractivity contribution in [3.63, 3.8) is 0 Å². The standard InChI is InChI=1S/C12H22N2O2/c1-10(2)5-7-13-12(15)14-11-4-3-8-16-9-6-11/h5,11H,3-4,6-9H2,1-2H3,(H2,13,14,15)/t11-/m0/s1. The number of hydrogen-bond acceptors (Lipinski definition) is 2. The Bertz CT molecular complexity index is 239. The van der Waals surface area contributed by atoms with Crippen LogP contribution in [0.2, 0.25) is 0 Å². The summed E-state index contributed by atoms with van der Waals surface area (Å²) in [6.45, 7) is 6.19. The monoisotopic (exact) mass is 226 g/mol. The Morgan fingerprint density at radius 2 is 2.19 bits per heavy atom. The summed E-state index contributed by atoms with van der Waals surface area (Å²) >= 11 is 0. The van der Waals surface area contributed by atoms with Gasteiger partial charge in [-0.2, -0.15) is 0 Å². The molecule has 92 valence electrons. The molecule has 0 bridgehead atoms. The van der Waals surface area contributed by atoms with Gasteiger partial charge in [0.15, 0.2) is 0 Å². The molecule has 0 aromatic carbocycles. The Morgan fingerprint density at radius 1 is 1.38 bits per heavy atom. The molecule has 1 rings (SSSR count). The molecule has 2 N–H and O–H groups in total. The van der Waals surface area contributed by atoms with Crippen LogP contribution in [0.25, 0.3) is 0 Å². The number of hydrogen-bond donors (Lipinski definition) is 2. The van der Waals surface area contributed by atoms with Crippen molar-refractivity contribution in [2.45, 2.75) is 39.2 Å². The minimum Gasteiger partial charge on any atom is -0.381 e. The summed E-state index contributed by atoms with van der Waals surface area (Å²) < 4.78 is 5.34. The predicted molar refractivity (Wildman–Crippen MR) is 64.4 cm³/mol. The second-order valence-corrected chi connectivity index (χ2v) is 4.38. The van der Waals surface area contributed by atoms with E-state index in [9.17, 15) is 4.79 Å². The van der Waals surface area contributed by atoms with Gasteiger partial charge in [0.25, 0.3) is 0 Å². The lowest BCUT2D eigenvalue weighted by Gasteiger charge is -2.15. The first-order chi connectivity index (χ1) is 7.68. The molecular formula is C12H22N2O2. The first-order valence-corrected chi connectivity index (χ1v) is 5.94. The Labute approximate surface area is 97.4 Å². The number of amides is 2. The molecule has 0 aliphatic carbocycles. The van der Waals surface area contributed by atoms with Gasteiger partial charge in [0.1, 0.15) is 0 Å². The van der Waals surface area contributed by atoms with E-state index in [0.717, 1.165) is 32.5 Å². The lowest BCUT2D eigenvalue weighted by molar-refractivity contribution is 0.143. The summed E-state index contributed by atoms with van der Waals surface area (Å²) in [6, 6.07) is 0.179. The molecule has 4 heteroatoms. The molecule has 2 amide bonds. The second kappa shape index (κ2) is 7.28. The number of nitrogens with one attached hydrogen (secondary N) is 2. The van der Waals surface area contributed by atoms with Gasteiger partial charge in [0, 0.05) is 25.8 Å². The van der Waals surface area contributed by atoms with Gasteiger partial charge in [-0.25, -0.2) is 4.79 Å². The van der Waals surface area contributed by atoms with E-state index in [0.29, 0.717) is 6.54 Å². The zero-order valence-electron chi connectivity index (χ0n) is 10.2. The van der Waals surface area contributed by atoms with Crippen molar-refractivity contribution in [1.29, 1.82) is 0 Å². The smallest absolute Gasteiger partial charge is 0.315 e. The van der Waals surface area contributed by atoms with Gasteiger partial charge < -0.3 is 15.4 Å². The van der Waals surface area contributed by atoms with Gasteiger partial charge in [-0.1, -0.05) is 11.6 Å². The Balaban J connectivity index is 2.19. The fourth-order valence-electron chi connectivity index (χ4n) is 1.63. The summed E-state index contributed by atoms with van der Waals surface area (Å²) in [5, 5.41) is 5.79. The molecule has 16 heavy (non-hydrogen) atoms. The van der Waals surface area contributed by atoms with Crippen LogP contribution >= 0.6 is 0 Å². The largest absolute Gasteiger partial charge is 0.381 e. The van der Waals surface area contributed by atoms with Crippen LogP contribution < -0.4 is 10.6 Å². The van der Waals surface area contributed by atoms with Crippen LogP contribution in [-0.4, -0.2) is 31.8 Å². The van der Waals surface area contributed by atoms with Crippen LogP contribution in [0.3, 0.4) is 0 Å². The molecule has 1 atom stereocenters. The molecule has 0 radical (unpaired) electrons. The Kier molecular flexibility index (Phi) is 5.93. The summed E-state index contributed by atoms with van der Waals surface area (Å²) in [6.07, 6.45) is 4.95. The maximum atomic E-state index is 11.5. The van der Waals surface area contributed by atoms with Gasteiger partial charge in [0.2, 0.25) is 0 Å². The number of allylic oxidation sites excluding steroid dienone is 1. The minimum absolute atomic E-state index is 0.0793. The maximum Gasteiger partial charge on any atom is 0.315 e. The highest BCUT2D eigenvalue weighted by molar-refractivity contribution is 5.74. The van der Waals surface area contributed by atoms with Crippen molar-refractivity contribution >= 4 is 6.03 Å². The van der Waals surface area contributed by atoms with E-state index in [1.54, 1.807) is 0 Å². The van der Waals surface area contributed by atoms with Crippen LogP contribution in [0.1, 0.15) is 33.1 Å². The highest BCUT2D eigenvalue weighted by Crippen LogP contribution is 2.07. The lowest BCUT2D eigenvalue weighted by Crippen LogP contribution is -2.42. The summed E-state index contributed by atoms with van der Waals surface area (Å²) in [5.41, 5.74) is 1.21. The third kappa shape index (κ3) is 5.75. The van der Waals surface area contributed by atoms with Crippen molar-refractivity contribution in [3.05, 3.63) is 11.6 Å². The van der Waals surface area contributed by atoms with Crippen molar-refractivity contribution in [2.75, 3.05) is 19.8 Å². The number of carbonyl (C=O) groups is 1. The van der Waals surface area contributed by atoms with Crippen molar-refractivity contribution < 1.29 is 9.53 Å². The molecule has 0 unspecified atom stereocenters. The zero-order chi connectivity index (χ0) is 11.8. The quantitative estimate of drug-likeness (QED) is 0.721. The lowest BCUT2D eigenvalue weighted by atomic mass is 10.1. The predicted octanol–water partition coefficient (Wildman–Crippen LogP) is 1.82. The normalized spacial score (nSPS) is 20.8. The number of carbonyl (C=O) groups excluding carboxylic acids is 1. The number of urea groups is 1. The van der Waals surface area contributed by atoms with Crippen LogP contribution in [0.15, 0.2) is 11.6 Å².